The molecule has 0 saturated heterocycles. The summed E-state index contributed by atoms with van der Waals surface area (Å²) in [5.74, 6) is -1.16. The molecule has 1 N–H and O–H groups in total. The van der Waals surface area contributed by atoms with Gasteiger partial charge in [-0.1, -0.05) is 43.6 Å². The monoisotopic (exact) mass is 511 g/mol. The molecule has 2 aromatic rings. The number of nitrogens with one attached hydrogen (secondary N) is 1. The summed E-state index contributed by atoms with van der Waals surface area (Å²) >= 11 is 6.18. The predicted molar refractivity (Wildman–Crippen MR) is 133 cm³/mol. The summed E-state index contributed by atoms with van der Waals surface area (Å²) in [6.07, 6.45) is 1.00. The van der Waals surface area contributed by atoms with Crippen LogP contribution in [0.4, 0.5) is 10.1 Å². The van der Waals surface area contributed by atoms with Gasteiger partial charge in [-0.25, -0.2) is 12.8 Å². The van der Waals surface area contributed by atoms with E-state index in [2.05, 4.69) is 5.32 Å². The van der Waals surface area contributed by atoms with Crippen LogP contribution in [-0.4, -0.2) is 50.5 Å². The normalized spacial score (nSPS) is 12.4. The maximum atomic E-state index is 13.5. The van der Waals surface area contributed by atoms with Crippen molar-refractivity contribution in [2.45, 2.75) is 40.3 Å². The maximum absolute atomic E-state index is 13.5. The number of anilines is 1. The number of benzene rings is 2. The van der Waals surface area contributed by atoms with Gasteiger partial charge in [0.15, 0.2) is 0 Å². The minimum atomic E-state index is -3.85. The summed E-state index contributed by atoms with van der Waals surface area (Å²) in [6.45, 7) is 7.04. The predicted octanol–water partition coefficient (Wildman–Crippen LogP) is 3.74. The lowest BCUT2D eigenvalue weighted by Gasteiger charge is -2.32. The van der Waals surface area contributed by atoms with E-state index in [0.717, 1.165) is 10.6 Å². The van der Waals surface area contributed by atoms with Crippen LogP contribution in [-0.2, 0) is 26.2 Å². The van der Waals surface area contributed by atoms with Crippen molar-refractivity contribution >= 4 is 39.1 Å². The summed E-state index contributed by atoms with van der Waals surface area (Å²) in [4.78, 5) is 27.5. The molecule has 2 amide bonds. The first-order valence-electron chi connectivity index (χ1n) is 10.9. The molecule has 34 heavy (non-hydrogen) atoms. The molecule has 0 radical (unpaired) electrons. The lowest BCUT2D eigenvalue weighted by molar-refractivity contribution is -0.139. The fourth-order valence-electron chi connectivity index (χ4n) is 3.28. The van der Waals surface area contributed by atoms with Crippen molar-refractivity contribution in [1.29, 1.82) is 0 Å². The van der Waals surface area contributed by atoms with Crippen molar-refractivity contribution < 1.29 is 22.4 Å². The average Bonchev–Trinajstić information content (AvgIpc) is 2.76. The Kier molecular flexibility index (Phi) is 9.46. The van der Waals surface area contributed by atoms with Gasteiger partial charge in [0.25, 0.3) is 0 Å². The van der Waals surface area contributed by atoms with E-state index in [1.165, 1.54) is 29.2 Å². The molecule has 10 heteroatoms. The highest BCUT2D eigenvalue weighted by Gasteiger charge is 2.30. The molecule has 0 aliphatic carbocycles. The van der Waals surface area contributed by atoms with Gasteiger partial charge in [0.2, 0.25) is 21.8 Å². The molecule has 0 aromatic heterocycles. The number of sulfonamides is 1. The summed E-state index contributed by atoms with van der Waals surface area (Å²) in [6, 6.07) is 9.47. The van der Waals surface area contributed by atoms with E-state index >= 15 is 0 Å². The number of hydrogen-bond donors (Lipinski definition) is 1. The zero-order valence-electron chi connectivity index (χ0n) is 20.0. The number of nitrogens with zero attached hydrogens (tertiary/aromatic N) is 2. The zero-order chi connectivity index (χ0) is 25.6. The van der Waals surface area contributed by atoms with Crippen molar-refractivity contribution in [3.8, 4) is 0 Å². The molecular formula is C24H31ClFN3O4S. The van der Waals surface area contributed by atoms with Crippen LogP contribution in [0.2, 0.25) is 5.02 Å². The fourth-order valence-corrected chi connectivity index (χ4v) is 4.35. The van der Waals surface area contributed by atoms with Crippen molar-refractivity contribution in [2.24, 2.45) is 5.92 Å². The number of halogens is 2. The van der Waals surface area contributed by atoms with Gasteiger partial charge in [-0.3, -0.25) is 13.9 Å². The fraction of sp³-hybridized carbons (Fsp3) is 0.417. The Hall–Kier alpha value is -2.65. The van der Waals surface area contributed by atoms with E-state index in [0.29, 0.717) is 22.7 Å². The van der Waals surface area contributed by atoms with E-state index in [-0.39, 0.29) is 24.1 Å². The van der Waals surface area contributed by atoms with Gasteiger partial charge < -0.3 is 10.2 Å². The van der Waals surface area contributed by atoms with E-state index in [4.69, 9.17) is 11.6 Å². The highest BCUT2D eigenvalue weighted by atomic mass is 35.5. The van der Waals surface area contributed by atoms with Gasteiger partial charge in [0, 0.05) is 18.1 Å². The van der Waals surface area contributed by atoms with Gasteiger partial charge in [-0.2, -0.15) is 0 Å². The van der Waals surface area contributed by atoms with Crippen molar-refractivity contribution in [3.05, 3.63) is 64.4 Å². The Morgan fingerprint density at radius 2 is 1.71 bits per heavy atom. The first kappa shape index (κ1) is 27.6. The Bertz CT molecular complexity index is 1120. The summed E-state index contributed by atoms with van der Waals surface area (Å²) < 4.78 is 39.6. The highest BCUT2D eigenvalue weighted by Crippen LogP contribution is 2.28. The van der Waals surface area contributed by atoms with Crippen LogP contribution in [0.3, 0.4) is 0 Å². The molecule has 0 aliphatic rings. The lowest BCUT2D eigenvalue weighted by atomic mass is 10.1. The van der Waals surface area contributed by atoms with Crippen LogP contribution in [0.15, 0.2) is 42.5 Å². The van der Waals surface area contributed by atoms with Crippen LogP contribution in [0.25, 0.3) is 0 Å². The first-order chi connectivity index (χ1) is 15.8. The number of hydrogen-bond acceptors (Lipinski definition) is 4. The average molecular weight is 512 g/mol. The standard InChI is InChI=1S/C24H31ClFN3O4S/c1-16(2)13-27-24(31)18(4)28(14-19-9-11-20(26)12-10-19)23(30)15-29(34(5,32)33)22-8-6-7-21(25)17(22)3/h6-12,16,18H,13-15H2,1-5H3,(H,27,31)/t18-/m1/s1. The molecule has 0 spiro atoms. The molecule has 2 rings (SSSR count). The molecule has 0 aliphatic heterocycles. The Balaban J connectivity index is 2.40. The van der Waals surface area contributed by atoms with Crippen LogP contribution in [0.5, 0.6) is 0 Å². The molecule has 7 nitrogen and oxygen atoms in total. The minimum Gasteiger partial charge on any atom is -0.354 e. The highest BCUT2D eigenvalue weighted by molar-refractivity contribution is 7.92. The lowest BCUT2D eigenvalue weighted by Crippen LogP contribution is -2.51. The van der Waals surface area contributed by atoms with Crippen LogP contribution in [0.1, 0.15) is 31.9 Å². The van der Waals surface area contributed by atoms with Crippen LogP contribution < -0.4 is 9.62 Å². The Labute approximate surface area is 205 Å². The molecule has 0 saturated carbocycles. The SMILES string of the molecule is Cc1c(Cl)cccc1N(CC(=O)N(Cc1ccc(F)cc1)[C@H](C)C(=O)NCC(C)C)S(C)(=O)=O. The molecule has 2 aromatic carbocycles. The minimum absolute atomic E-state index is 0.00150. The third kappa shape index (κ3) is 7.43. The molecule has 0 unspecified atom stereocenters. The molecule has 0 bridgehead atoms. The maximum Gasteiger partial charge on any atom is 0.244 e. The molecule has 0 heterocycles. The van der Waals surface area contributed by atoms with Crippen molar-refractivity contribution in [1.82, 2.24) is 10.2 Å². The first-order valence-corrected chi connectivity index (χ1v) is 13.1. The second-order valence-corrected chi connectivity index (χ2v) is 10.9. The Morgan fingerprint density at radius 1 is 1.09 bits per heavy atom. The van der Waals surface area contributed by atoms with Crippen LogP contribution >= 0.6 is 11.6 Å². The Morgan fingerprint density at radius 3 is 2.26 bits per heavy atom. The number of carbonyl (C=O) groups is 2. The molecular weight excluding hydrogens is 481 g/mol. The van der Waals surface area contributed by atoms with Gasteiger partial charge in [0.1, 0.15) is 18.4 Å². The van der Waals surface area contributed by atoms with Gasteiger partial charge in [-0.15, -0.1) is 0 Å². The quantitative estimate of drug-likeness (QED) is 0.526. The summed E-state index contributed by atoms with van der Waals surface area (Å²) in [5.41, 5.74) is 1.39. The smallest absolute Gasteiger partial charge is 0.244 e. The molecule has 186 valence electrons. The summed E-state index contributed by atoms with van der Waals surface area (Å²) in [7, 11) is -3.85. The van der Waals surface area contributed by atoms with E-state index in [9.17, 15) is 22.4 Å². The van der Waals surface area contributed by atoms with E-state index in [1.54, 1.807) is 32.0 Å². The largest absolute Gasteiger partial charge is 0.354 e. The van der Waals surface area contributed by atoms with Crippen LogP contribution in [0, 0.1) is 18.7 Å². The third-order valence-corrected chi connectivity index (χ3v) is 6.84. The molecule has 0 fully saturated rings. The van der Waals surface area contributed by atoms with Gasteiger partial charge in [0.05, 0.1) is 11.9 Å². The van der Waals surface area contributed by atoms with Crippen molar-refractivity contribution in [3.63, 3.8) is 0 Å². The van der Waals surface area contributed by atoms with E-state index < -0.39 is 34.3 Å². The number of carbonyl (C=O) groups excluding carboxylic acids is 2. The molecule has 1 atom stereocenters. The second-order valence-electron chi connectivity index (χ2n) is 8.62. The van der Waals surface area contributed by atoms with Gasteiger partial charge in [-0.05, 0) is 55.2 Å². The summed E-state index contributed by atoms with van der Waals surface area (Å²) in [5, 5.41) is 3.17. The van der Waals surface area contributed by atoms with E-state index in [1.807, 2.05) is 13.8 Å². The third-order valence-electron chi connectivity index (χ3n) is 5.31. The zero-order valence-corrected chi connectivity index (χ0v) is 21.6. The van der Waals surface area contributed by atoms with Gasteiger partial charge >= 0.3 is 0 Å². The van der Waals surface area contributed by atoms with Crippen molar-refractivity contribution in [2.75, 3.05) is 23.7 Å². The number of rotatable bonds is 10. The topological polar surface area (TPSA) is 86.8 Å². The second kappa shape index (κ2) is 11.7. The number of amides is 2.